The largest absolute Gasteiger partial charge is 0.382 e. The second kappa shape index (κ2) is 6.55. The first kappa shape index (κ1) is 12.2. The molecule has 0 aromatic carbocycles. The van der Waals surface area contributed by atoms with E-state index < -0.39 is 0 Å². The monoisotopic (exact) mass is 213 g/mol. The molecule has 2 N–H and O–H groups in total. The molecule has 0 amide bonds. The number of nitrogens with zero attached hydrogens (tertiary/aromatic N) is 2. The Kier molecular flexibility index (Phi) is 5.31. The van der Waals surface area contributed by atoms with Crippen LogP contribution >= 0.6 is 0 Å². The topological polar surface area (TPSA) is 62.3 Å². The van der Waals surface area contributed by atoms with Crippen molar-refractivity contribution in [3.05, 3.63) is 18.2 Å². The van der Waals surface area contributed by atoms with Crippen molar-refractivity contribution in [2.24, 2.45) is 5.73 Å². The minimum Gasteiger partial charge on any atom is -0.382 e. The lowest BCUT2D eigenvalue weighted by Gasteiger charge is -2.10. The second-order valence-electron chi connectivity index (χ2n) is 3.41. The van der Waals surface area contributed by atoms with Crippen molar-refractivity contribution in [2.75, 3.05) is 26.9 Å². The van der Waals surface area contributed by atoms with Gasteiger partial charge in [-0.1, -0.05) is 0 Å². The first-order chi connectivity index (χ1) is 7.25. The van der Waals surface area contributed by atoms with Crippen LogP contribution < -0.4 is 5.73 Å². The van der Waals surface area contributed by atoms with Crippen LogP contribution in [0.15, 0.2) is 12.5 Å². The Morgan fingerprint density at radius 2 is 2.27 bits per heavy atom. The average Bonchev–Trinajstić information content (AvgIpc) is 2.66. The van der Waals surface area contributed by atoms with Crippen LogP contribution in [0.25, 0.3) is 0 Å². The SMILES string of the molecule is COCCOCCn1cncc1[C@H](C)N. The molecule has 86 valence electrons. The number of imidazole rings is 1. The molecule has 1 rings (SSSR count). The Morgan fingerprint density at radius 1 is 1.47 bits per heavy atom. The molecule has 1 aromatic rings. The van der Waals surface area contributed by atoms with Crippen molar-refractivity contribution in [3.63, 3.8) is 0 Å². The molecule has 0 unspecified atom stereocenters. The van der Waals surface area contributed by atoms with Crippen molar-refractivity contribution in [2.45, 2.75) is 19.5 Å². The molecule has 0 saturated carbocycles. The highest BCUT2D eigenvalue weighted by molar-refractivity contribution is 5.02. The van der Waals surface area contributed by atoms with Gasteiger partial charge in [0.25, 0.3) is 0 Å². The van der Waals surface area contributed by atoms with Crippen molar-refractivity contribution in [1.82, 2.24) is 9.55 Å². The zero-order valence-electron chi connectivity index (χ0n) is 9.35. The molecule has 1 aromatic heterocycles. The molecular weight excluding hydrogens is 194 g/mol. The Bertz CT molecular complexity index is 273. The summed E-state index contributed by atoms with van der Waals surface area (Å²) < 4.78 is 12.3. The molecule has 1 heterocycles. The van der Waals surface area contributed by atoms with E-state index in [2.05, 4.69) is 4.98 Å². The predicted molar refractivity (Wildman–Crippen MR) is 57.5 cm³/mol. The van der Waals surface area contributed by atoms with E-state index in [1.165, 1.54) is 0 Å². The third-order valence-electron chi connectivity index (χ3n) is 2.12. The fourth-order valence-corrected chi connectivity index (χ4v) is 1.30. The number of rotatable bonds is 7. The van der Waals surface area contributed by atoms with Gasteiger partial charge in [-0.05, 0) is 6.92 Å². The van der Waals surface area contributed by atoms with E-state index >= 15 is 0 Å². The summed E-state index contributed by atoms with van der Waals surface area (Å²) in [5.74, 6) is 0. The summed E-state index contributed by atoms with van der Waals surface area (Å²) in [5, 5.41) is 0. The standard InChI is InChI=1S/C10H19N3O2/c1-9(11)10-7-12-8-13(10)3-4-15-6-5-14-2/h7-9H,3-6,11H2,1-2H3/t9-/m0/s1. The smallest absolute Gasteiger partial charge is 0.0949 e. The van der Waals surface area contributed by atoms with Crippen molar-refractivity contribution < 1.29 is 9.47 Å². The maximum absolute atomic E-state index is 5.79. The van der Waals surface area contributed by atoms with Gasteiger partial charge in [0, 0.05) is 25.9 Å². The number of aromatic nitrogens is 2. The lowest BCUT2D eigenvalue weighted by Crippen LogP contribution is -2.15. The van der Waals surface area contributed by atoms with Gasteiger partial charge in [0.15, 0.2) is 0 Å². The summed E-state index contributed by atoms with van der Waals surface area (Å²) in [6, 6.07) is 0.00600. The van der Waals surface area contributed by atoms with Gasteiger partial charge in [0.05, 0.1) is 31.8 Å². The molecule has 0 aliphatic heterocycles. The van der Waals surface area contributed by atoms with E-state index in [-0.39, 0.29) is 6.04 Å². The van der Waals surface area contributed by atoms with Gasteiger partial charge in [0.1, 0.15) is 0 Å². The van der Waals surface area contributed by atoms with Gasteiger partial charge in [-0.2, -0.15) is 0 Å². The summed E-state index contributed by atoms with van der Waals surface area (Å²) in [4.78, 5) is 4.06. The van der Waals surface area contributed by atoms with Gasteiger partial charge in [-0.25, -0.2) is 4.98 Å². The molecule has 0 radical (unpaired) electrons. The van der Waals surface area contributed by atoms with Crippen LogP contribution in [0.5, 0.6) is 0 Å². The number of methoxy groups -OCH3 is 1. The normalized spacial score (nSPS) is 13.0. The molecule has 0 bridgehead atoms. The van der Waals surface area contributed by atoms with E-state index in [1.807, 2.05) is 11.5 Å². The van der Waals surface area contributed by atoms with Crippen molar-refractivity contribution in [1.29, 1.82) is 0 Å². The second-order valence-corrected chi connectivity index (χ2v) is 3.41. The third-order valence-corrected chi connectivity index (χ3v) is 2.12. The quantitative estimate of drug-likeness (QED) is 0.672. The van der Waals surface area contributed by atoms with Gasteiger partial charge in [-0.3, -0.25) is 0 Å². The third kappa shape index (κ3) is 3.99. The zero-order chi connectivity index (χ0) is 11.1. The van der Waals surface area contributed by atoms with E-state index in [0.717, 1.165) is 12.2 Å². The van der Waals surface area contributed by atoms with Crippen molar-refractivity contribution >= 4 is 0 Å². The molecule has 0 aliphatic carbocycles. The highest BCUT2D eigenvalue weighted by atomic mass is 16.5. The highest BCUT2D eigenvalue weighted by Crippen LogP contribution is 2.07. The van der Waals surface area contributed by atoms with Gasteiger partial charge < -0.3 is 19.8 Å². The minimum absolute atomic E-state index is 0.00600. The van der Waals surface area contributed by atoms with E-state index in [0.29, 0.717) is 19.8 Å². The van der Waals surface area contributed by atoms with Gasteiger partial charge in [0.2, 0.25) is 0 Å². The van der Waals surface area contributed by atoms with Crippen LogP contribution in [-0.4, -0.2) is 36.5 Å². The van der Waals surface area contributed by atoms with Crippen LogP contribution in [-0.2, 0) is 16.0 Å². The van der Waals surface area contributed by atoms with Crippen LogP contribution in [0.4, 0.5) is 0 Å². The summed E-state index contributed by atoms with van der Waals surface area (Å²) in [6.45, 7) is 4.63. The van der Waals surface area contributed by atoms with Crippen LogP contribution in [0, 0.1) is 0 Å². The fraction of sp³-hybridized carbons (Fsp3) is 0.700. The van der Waals surface area contributed by atoms with E-state index in [4.69, 9.17) is 15.2 Å². The molecule has 0 fully saturated rings. The molecule has 0 aliphatic rings. The minimum atomic E-state index is 0.00600. The highest BCUT2D eigenvalue weighted by Gasteiger charge is 2.05. The summed E-state index contributed by atoms with van der Waals surface area (Å²) in [6.07, 6.45) is 3.57. The molecular formula is C10H19N3O2. The predicted octanol–water partition coefficient (Wildman–Crippen LogP) is 0.566. The summed E-state index contributed by atoms with van der Waals surface area (Å²) >= 11 is 0. The van der Waals surface area contributed by atoms with Crippen LogP contribution in [0.3, 0.4) is 0 Å². The number of hydrogen-bond donors (Lipinski definition) is 1. The average molecular weight is 213 g/mol. The number of hydrogen-bond acceptors (Lipinski definition) is 4. The molecule has 5 nitrogen and oxygen atoms in total. The first-order valence-electron chi connectivity index (χ1n) is 5.08. The Hall–Kier alpha value is -0.910. The lowest BCUT2D eigenvalue weighted by atomic mass is 10.3. The van der Waals surface area contributed by atoms with Gasteiger partial charge in [-0.15, -0.1) is 0 Å². The molecule has 1 atom stereocenters. The number of nitrogens with two attached hydrogens (primary N) is 1. The Labute approximate surface area is 90.2 Å². The van der Waals surface area contributed by atoms with Crippen LogP contribution in [0.1, 0.15) is 18.7 Å². The van der Waals surface area contributed by atoms with Crippen LogP contribution in [0.2, 0.25) is 0 Å². The molecule has 5 heteroatoms. The van der Waals surface area contributed by atoms with Crippen molar-refractivity contribution in [3.8, 4) is 0 Å². The molecule has 0 saturated heterocycles. The Morgan fingerprint density at radius 3 is 2.93 bits per heavy atom. The molecule has 0 spiro atoms. The Balaban J connectivity index is 2.28. The van der Waals surface area contributed by atoms with Gasteiger partial charge >= 0.3 is 0 Å². The summed E-state index contributed by atoms with van der Waals surface area (Å²) in [7, 11) is 1.66. The first-order valence-corrected chi connectivity index (χ1v) is 5.08. The lowest BCUT2D eigenvalue weighted by molar-refractivity contribution is 0.0663. The molecule has 15 heavy (non-hydrogen) atoms. The summed E-state index contributed by atoms with van der Waals surface area (Å²) in [5.41, 5.74) is 6.82. The van der Waals surface area contributed by atoms with E-state index in [1.54, 1.807) is 19.6 Å². The fourth-order valence-electron chi connectivity index (χ4n) is 1.30. The maximum atomic E-state index is 5.79. The number of ether oxygens (including phenoxy) is 2. The zero-order valence-corrected chi connectivity index (χ0v) is 9.35. The van der Waals surface area contributed by atoms with E-state index in [9.17, 15) is 0 Å². The maximum Gasteiger partial charge on any atom is 0.0949 e.